The normalized spacial score (nSPS) is 23.9. The number of aryl methyl sites for hydroxylation is 1. The van der Waals surface area contributed by atoms with E-state index in [1.165, 1.54) is 12.1 Å². The summed E-state index contributed by atoms with van der Waals surface area (Å²) < 4.78 is 19.4. The molecule has 0 aliphatic heterocycles. The molecule has 21 heavy (non-hydrogen) atoms. The van der Waals surface area contributed by atoms with Gasteiger partial charge in [0, 0.05) is 19.0 Å². The minimum atomic E-state index is -1.16. The summed E-state index contributed by atoms with van der Waals surface area (Å²) in [6.07, 6.45) is -0.141. The average Bonchev–Trinajstić information content (AvgIpc) is 2.76. The Bertz CT molecular complexity index is 674. The fourth-order valence-electron chi connectivity index (χ4n) is 2.84. The number of hydrogen-bond acceptors (Lipinski definition) is 3. The maximum Gasteiger partial charge on any atom is 0.154 e. The van der Waals surface area contributed by atoms with Crippen molar-refractivity contribution in [2.45, 2.75) is 25.0 Å². The third kappa shape index (κ3) is 2.41. The van der Waals surface area contributed by atoms with Gasteiger partial charge < -0.3 is 15.6 Å². The van der Waals surface area contributed by atoms with Gasteiger partial charge in [0.1, 0.15) is 17.2 Å². The van der Waals surface area contributed by atoms with Crippen LogP contribution in [0.4, 0.5) is 4.39 Å². The van der Waals surface area contributed by atoms with Crippen LogP contribution in [0.5, 0.6) is 5.75 Å². The fraction of sp³-hybridized carbons (Fsp3) is 0.294. The quantitative estimate of drug-likeness (QED) is 0.912. The Balaban J connectivity index is 2.01. The van der Waals surface area contributed by atoms with E-state index >= 15 is 0 Å². The van der Waals surface area contributed by atoms with Crippen LogP contribution in [-0.2, 0) is 6.42 Å². The smallest absolute Gasteiger partial charge is 0.154 e. The standard InChI is InChI=1S/C17H18FNO2/c1-11-6-7-13(18)8-15(11)21-16-14-5-3-2-4-12(14)9-17(16,20)10-19/h2-8,16,20H,9-10,19H2,1H3/t16-,17+/m0/s1. The van der Waals surface area contributed by atoms with Crippen molar-refractivity contribution >= 4 is 0 Å². The molecule has 2 atom stereocenters. The third-order valence-electron chi connectivity index (χ3n) is 4.07. The van der Waals surface area contributed by atoms with E-state index in [1.807, 2.05) is 31.2 Å². The SMILES string of the molecule is Cc1ccc(F)cc1O[C@H]1c2ccccc2C[C@@]1(O)CN. The Hall–Kier alpha value is -1.91. The molecule has 2 aromatic carbocycles. The van der Waals surface area contributed by atoms with Gasteiger partial charge in [0.25, 0.3) is 0 Å². The largest absolute Gasteiger partial charge is 0.482 e. The minimum absolute atomic E-state index is 0.0840. The highest BCUT2D eigenvalue weighted by Gasteiger charge is 2.45. The van der Waals surface area contributed by atoms with Crippen LogP contribution in [0, 0.1) is 12.7 Å². The first-order valence-electron chi connectivity index (χ1n) is 6.96. The number of nitrogens with two attached hydrogens (primary N) is 1. The van der Waals surface area contributed by atoms with Gasteiger partial charge in [-0.3, -0.25) is 0 Å². The predicted octanol–water partition coefficient (Wildman–Crippen LogP) is 2.50. The molecule has 0 radical (unpaired) electrons. The summed E-state index contributed by atoms with van der Waals surface area (Å²) >= 11 is 0. The summed E-state index contributed by atoms with van der Waals surface area (Å²) in [5, 5.41) is 10.8. The topological polar surface area (TPSA) is 55.5 Å². The Morgan fingerprint density at radius 1 is 1.33 bits per heavy atom. The summed E-state index contributed by atoms with van der Waals surface area (Å²) in [5.41, 5.74) is 7.34. The van der Waals surface area contributed by atoms with Gasteiger partial charge in [-0.05, 0) is 29.7 Å². The molecule has 3 rings (SSSR count). The van der Waals surface area contributed by atoms with E-state index in [2.05, 4.69) is 0 Å². The predicted molar refractivity (Wildman–Crippen MR) is 78.7 cm³/mol. The summed E-state index contributed by atoms with van der Waals surface area (Å²) in [6, 6.07) is 12.1. The molecule has 0 saturated carbocycles. The first-order valence-corrected chi connectivity index (χ1v) is 6.96. The van der Waals surface area contributed by atoms with Gasteiger partial charge in [0.05, 0.1) is 0 Å². The van der Waals surface area contributed by atoms with E-state index < -0.39 is 11.7 Å². The molecule has 0 fully saturated rings. The molecule has 0 unspecified atom stereocenters. The van der Waals surface area contributed by atoms with Crippen LogP contribution in [0.25, 0.3) is 0 Å². The molecule has 1 aliphatic rings. The van der Waals surface area contributed by atoms with Crippen LogP contribution in [0.3, 0.4) is 0 Å². The van der Waals surface area contributed by atoms with Gasteiger partial charge in [0.15, 0.2) is 6.10 Å². The van der Waals surface area contributed by atoms with Crippen LogP contribution in [0.1, 0.15) is 22.8 Å². The Morgan fingerprint density at radius 3 is 2.86 bits per heavy atom. The van der Waals surface area contributed by atoms with Crippen molar-refractivity contribution in [1.82, 2.24) is 0 Å². The first kappa shape index (κ1) is 14.0. The second kappa shape index (κ2) is 5.13. The van der Waals surface area contributed by atoms with Crippen LogP contribution >= 0.6 is 0 Å². The molecule has 4 heteroatoms. The maximum absolute atomic E-state index is 13.4. The molecule has 3 nitrogen and oxygen atoms in total. The molecule has 0 amide bonds. The summed E-state index contributed by atoms with van der Waals surface area (Å²) in [4.78, 5) is 0. The van der Waals surface area contributed by atoms with Gasteiger partial charge in [-0.25, -0.2) is 4.39 Å². The van der Waals surface area contributed by atoms with E-state index in [4.69, 9.17) is 10.5 Å². The van der Waals surface area contributed by atoms with E-state index in [9.17, 15) is 9.50 Å². The molecular weight excluding hydrogens is 269 g/mol. The van der Waals surface area contributed by atoms with E-state index in [0.29, 0.717) is 12.2 Å². The zero-order valence-electron chi connectivity index (χ0n) is 11.8. The number of benzene rings is 2. The maximum atomic E-state index is 13.4. The molecule has 1 aliphatic carbocycles. The van der Waals surface area contributed by atoms with Gasteiger partial charge >= 0.3 is 0 Å². The molecule has 2 aromatic rings. The molecule has 110 valence electrons. The highest BCUT2D eigenvalue weighted by molar-refractivity contribution is 5.41. The lowest BCUT2D eigenvalue weighted by atomic mass is 9.97. The lowest BCUT2D eigenvalue weighted by molar-refractivity contribution is -0.0441. The lowest BCUT2D eigenvalue weighted by Crippen LogP contribution is -2.44. The summed E-state index contributed by atoms with van der Waals surface area (Å²) in [7, 11) is 0. The molecular formula is C17H18FNO2. The molecule has 0 aromatic heterocycles. The van der Waals surface area contributed by atoms with E-state index in [-0.39, 0.29) is 12.4 Å². The summed E-state index contributed by atoms with van der Waals surface area (Å²) in [6.45, 7) is 1.93. The Labute approximate surface area is 123 Å². The number of hydrogen-bond donors (Lipinski definition) is 2. The average molecular weight is 287 g/mol. The van der Waals surface area contributed by atoms with Crippen molar-refractivity contribution in [3.8, 4) is 5.75 Å². The zero-order valence-corrected chi connectivity index (χ0v) is 11.8. The third-order valence-corrected chi connectivity index (χ3v) is 4.07. The molecule has 3 N–H and O–H groups in total. The lowest BCUT2D eigenvalue weighted by Gasteiger charge is -2.30. The van der Waals surface area contributed by atoms with E-state index in [0.717, 1.165) is 16.7 Å². The molecule has 0 bridgehead atoms. The zero-order chi connectivity index (χ0) is 15.0. The Morgan fingerprint density at radius 2 is 2.10 bits per heavy atom. The first-order chi connectivity index (χ1) is 10.0. The second-order valence-electron chi connectivity index (χ2n) is 5.59. The number of ether oxygens (including phenoxy) is 1. The molecule has 0 spiro atoms. The van der Waals surface area contributed by atoms with Gasteiger partial charge in [-0.1, -0.05) is 30.3 Å². The molecule has 0 saturated heterocycles. The van der Waals surface area contributed by atoms with Gasteiger partial charge in [-0.15, -0.1) is 0 Å². The minimum Gasteiger partial charge on any atom is -0.482 e. The highest BCUT2D eigenvalue weighted by Crippen LogP contribution is 2.42. The van der Waals surface area contributed by atoms with Gasteiger partial charge in [0.2, 0.25) is 0 Å². The van der Waals surface area contributed by atoms with Gasteiger partial charge in [-0.2, -0.15) is 0 Å². The summed E-state index contributed by atoms with van der Waals surface area (Å²) in [5.74, 6) is 0.0711. The number of rotatable bonds is 3. The van der Waals surface area contributed by atoms with Crippen LogP contribution < -0.4 is 10.5 Å². The van der Waals surface area contributed by atoms with Crippen molar-refractivity contribution in [3.05, 3.63) is 65.0 Å². The molecule has 0 heterocycles. The van der Waals surface area contributed by atoms with E-state index in [1.54, 1.807) is 6.07 Å². The fourth-order valence-corrected chi connectivity index (χ4v) is 2.84. The monoisotopic (exact) mass is 287 g/mol. The number of halogens is 1. The number of aliphatic hydroxyl groups is 1. The second-order valence-corrected chi connectivity index (χ2v) is 5.59. The van der Waals surface area contributed by atoms with Crippen molar-refractivity contribution in [2.75, 3.05) is 6.54 Å². The number of fused-ring (bicyclic) bond motifs is 1. The van der Waals surface area contributed by atoms with Crippen LogP contribution in [0.15, 0.2) is 42.5 Å². The van der Waals surface area contributed by atoms with Crippen LogP contribution in [0.2, 0.25) is 0 Å². The van der Waals surface area contributed by atoms with Crippen LogP contribution in [-0.4, -0.2) is 17.3 Å². The van der Waals surface area contributed by atoms with Crippen molar-refractivity contribution in [3.63, 3.8) is 0 Å². The highest BCUT2D eigenvalue weighted by atomic mass is 19.1. The van der Waals surface area contributed by atoms with Crippen molar-refractivity contribution in [1.29, 1.82) is 0 Å². The van der Waals surface area contributed by atoms with Crippen molar-refractivity contribution < 1.29 is 14.2 Å². The Kier molecular flexibility index (Phi) is 3.43. The van der Waals surface area contributed by atoms with Crippen molar-refractivity contribution in [2.24, 2.45) is 5.73 Å².